The number of nitrogens with zero attached hydrogens (tertiary/aromatic N) is 1. The Morgan fingerprint density at radius 2 is 0.605 bits per heavy atom. The maximum absolute atomic E-state index is 10.7. The van der Waals surface area contributed by atoms with Gasteiger partial charge in [-0.25, -0.2) is 4.85 Å². The van der Waals surface area contributed by atoms with E-state index in [1.165, 1.54) is 54.2 Å². The summed E-state index contributed by atoms with van der Waals surface area (Å²) in [6.45, 7) is 16.3. The number of ether oxygens (including phenoxy) is 1. The predicted molar refractivity (Wildman–Crippen MR) is 360 cm³/mol. The number of rotatable bonds is 15. The molecule has 0 unspecified atom stereocenters. The van der Waals surface area contributed by atoms with Gasteiger partial charge in [0.15, 0.2) is 5.69 Å². The first kappa shape index (κ1) is 71.8. The van der Waals surface area contributed by atoms with Gasteiger partial charge in [0, 0.05) is 11.8 Å². The Balaban J connectivity index is 0.000000212. The fourth-order valence-electron chi connectivity index (χ4n) is 8.10. The summed E-state index contributed by atoms with van der Waals surface area (Å²) in [5, 5.41) is 11.7. The fourth-order valence-corrected chi connectivity index (χ4v) is 21.7. The Bertz CT molecular complexity index is 3070. The van der Waals surface area contributed by atoms with E-state index in [-0.39, 0.29) is 0 Å². The number of aryl methyl sites for hydroxylation is 2. The van der Waals surface area contributed by atoms with Gasteiger partial charge in [0.2, 0.25) is 0 Å². The predicted octanol–water partition coefficient (Wildman–Crippen LogP) is 20.4. The summed E-state index contributed by atoms with van der Waals surface area (Å²) in [6, 6.07) is 104. The molecule has 447 valence electrons. The molecule has 0 aliphatic rings. The second kappa shape index (κ2) is 37.1. The molecule has 18 heteroatoms. The molecule has 0 atom stereocenters. The van der Waals surface area contributed by atoms with Gasteiger partial charge in [-0.05, 0) is 99.1 Å². The number of benzene rings is 10. The maximum Gasteiger partial charge on any atom is 0.00405 e. The van der Waals surface area contributed by atoms with Crippen LogP contribution < -0.4 is 42.4 Å². The van der Waals surface area contributed by atoms with E-state index in [0.29, 0.717) is 5.76 Å². The van der Waals surface area contributed by atoms with Crippen molar-refractivity contribution in [1.29, 1.82) is 0 Å². The van der Waals surface area contributed by atoms with Crippen molar-refractivity contribution >= 4 is 127 Å². The molecule has 0 heterocycles. The average molecular weight is 1650 g/mol. The van der Waals surface area contributed by atoms with Gasteiger partial charge in [0.25, 0.3) is 0 Å². The number of hydrogen-bond donors (Lipinski definition) is 0. The molecular formula is C68H59Cl3F6NOP5Re2-3. The zero-order chi connectivity index (χ0) is 62.1. The third kappa shape index (κ3) is 28.0. The number of halogens is 9. The van der Waals surface area contributed by atoms with Gasteiger partial charge in [-0.2, -0.15) is 0 Å². The SMILES string of the molecule is F[P-](F)(F)(F)(F)F.[C-]#[N+]c1c(C)cccc1C.[CH-]=C(O[C-]=[Re][Cl])c1ccccc1.[Cl][Re][Cl].c1ccc(P(CP(c2ccccc2)c2ccccc2)c2ccccc2)cc1.c1ccc(P(CP(c2ccccc2)c2ccccc2)c2ccccc2)cc1. The molecule has 10 aromatic rings. The van der Waals surface area contributed by atoms with E-state index < -0.39 is 71.9 Å². The summed E-state index contributed by atoms with van der Waals surface area (Å²) in [7, 11) is 3.02. The van der Waals surface area contributed by atoms with Gasteiger partial charge in [0.1, 0.15) is 0 Å². The monoisotopic (exact) mass is 1650 g/mol. The molecule has 0 saturated heterocycles. The van der Waals surface area contributed by atoms with Gasteiger partial charge >= 0.3 is 152 Å². The van der Waals surface area contributed by atoms with Crippen LogP contribution in [0.25, 0.3) is 10.6 Å². The Morgan fingerprint density at radius 3 is 0.779 bits per heavy atom. The standard InChI is InChI=1S/2C25H22P2.C9H9N.C9H6O.3ClH.F6P.2Re/c2*1-5-13-22(14-6-1)26(23-15-7-2-8-16-23)21-27(24-17-9-3-10-18-24)25-19-11-4-12-20-25;1-7-5-4-6-8(2)9(7)10-3;1-8(10-2)9-6-4-3-5-7-9;;;;1-7(2,3,4,5)6;;/h2*1-20H,21H2;4-6H,1-2H3;1,3-7H;3*1H;;;/q;;;-2;;;;-1;+1;+2/p-3. The van der Waals surface area contributed by atoms with Crippen LogP contribution in [0, 0.1) is 27.0 Å². The zero-order valence-electron chi connectivity index (χ0n) is 46.5. The molecule has 0 fully saturated rings. The van der Waals surface area contributed by atoms with Crippen molar-refractivity contribution in [3.05, 3.63) is 326 Å². The Labute approximate surface area is 535 Å². The van der Waals surface area contributed by atoms with Gasteiger partial charge < -0.3 is 0 Å². The summed E-state index contributed by atoms with van der Waals surface area (Å²) >= 11 is -1.66. The van der Waals surface area contributed by atoms with Gasteiger partial charge in [-0.1, -0.05) is 261 Å². The molecule has 0 spiro atoms. The molecule has 86 heavy (non-hydrogen) atoms. The summed E-state index contributed by atoms with van der Waals surface area (Å²) < 4.78 is 66.8. The molecule has 0 N–H and O–H groups in total. The number of para-hydroxylation sites is 1. The largest absolute Gasteiger partial charge is 0.0622 e. The molecule has 0 saturated carbocycles. The van der Waals surface area contributed by atoms with E-state index in [1.54, 1.807) is 0 Å². The van der Waals surface area contributed by atoms with Gasteiger partial charge in [-0.15, -0.1) is 0 Å². The number of hydrogen-bond acceptors (Lipinski definition) is 1. The van der Waals surface area contributed by atoms with Crippen LogP contribution in [0.3, 0.4) is 0 Å². The normalized spacial score (nSPS) is 11.6. The summed E-state index contributed by atoms with van der Waals surface area (Å²) in [5.41, 5.74) is 3.78. The minimum atomic E-state index is -10.7. The first-order valence-corrected chi connectivity index (χ1v) is 45.6. The second-order valence-corrected chi connectivity index (χ2v) is 35.9. The van der Waals surface area contributed by atoms with E-state index >= 15 is 0 Å². The van der Waals surface area contributed by atoms with Crippen LogP contribution in [0.4, 0.5) is 30.9 Å². The molecule has 0 aromatic heterocycles. The third-order valence-electron chi connectivity index (χ3n) is 11.9. The van der Waals surface area contributed by atoms with E-state index in [0.717, 1.165) is 22.4 Å². The minimum absolute atomic E-state index is 0.354. The molecule has 2 nitrogen and oxygen atoms in total. The quantitative estimate of drug-likeness (QED) is 0.0432. The Morgan fingerprint density at radius 1 is 0.407 bits per heavy atom. The first-order chi connectivity index (χ1) is 41.3. The summed E-state index contributed by atoms with van der Waals surface area (Å²) in [4.78, 5) is 3.42. The van der Waals surface area contributed by atoms with Crippen molar-refractivity contribution in [2.45, 2.75) is 13.8 Å². The zero-order valence-corrected chi connectivity index (χ0v) is 58.6. The molecule has 0 aliphatic carbocycles. The van der Waals surface area contributed by atoms with Crippen molar-refractivity contribution in [3.63, 3.8) is 0 Å². The molecular weight excluding hydrogens is 1590 g/mol. The van der Waals surface area contributed by atoms with Crippen LogP contribution in [-0.4, -0.2) is 16.5 Å². The van der Waals surface area contributed by atoms with E-state index in [2.05, 4.69) is 252 Å². The van der Waals surface area contributed by atoms with Crippen molar-refractivity contribution in [2.75, 3.05) is 11.8 Å². The van der Waals surface area contributed by atoms with Crippen LogP contribution in [0.5, 0.6) is 0 Å². The van der Waals surface area contributed by atoms with Crippen LogP contribution in [-0.2, 0) is 37.2 Å². The van der Waals surface area contributed by atoms with Crippen LogP contribution in [0.2, 0.25) is 0 Å². The smallest absolute Gasteiger partial charge is 0.00405 e. The van der Waals surface area contributed by atoms with Crippen molar-refractivity contribution in [2.24, 2.45) is 0 Å². The third-order valence-corrected chi connectivity index (χ3v) is 24.8. The van der Waals surface area contributed by atoms with E-state index in [4.69, 9.17) is 46.5 Å². The van der Waals surface area contributed by atoms with Gasteiger partial charge in [0.05, 0.1) is 6.57 Å². The van der Waals surface area contributed by atoms with E-state index in [1.807, 2.05) is 62.4 Å². The maximum atomic E-state index is 9.87. The Hall–Kier alpha value is -4.98. The molecule has 10 aromatic carbocycles. The van der Waals surface area contributed by atoms with E-state index in [9.17, 15) is 25.2 Å². The second-order valence-electron chi connectivity index (χ2n) is 18.0. The van der Waals surface area contributed by atoms with Crippen molar-refractivity contribution in [3.8, 4) is 0 Å². The first-order valence-electron chi connectivity index (χ1n) is 26.0. The van der Waals surface area contributed by atoms with Crippen LogP contribution in [0.15, 0.2) is 291 Å². The average Bonchev–Trinajstić information content (AvgIpc) is 2.55. The Kier molecular flexibility index (Phi) is 31.0. The van der Waals surface area contributed by atoms with Crippen molar-refractivity contribution < 1.29 is 62.4 Å². The molecule has 0 radical (unpaired) electrons. The minimum Gasteiger partial charge on any atom is -0.0622 e. The molecule has 10 rings (SSSR count). The molecule has 0 bridgehead atoms. The summed E-state index contributed by atoms with van der Waals surface area (Å²) in [6.07, 6.45) is 0. The topological polar surface area (TPSA) is 13.6 Å². The molecule has 0 amide bonds. The molecule has 0 aliphatic heterocycles. The van der Waals surface area contributed by atoms with Crippen LogP contribution in [0.1, 0.15) is 16.7 Å². The van der Waals surface area contributed by atoms with Crippen molar-refractivity contribution in [1.82, 2.24) is 0 Å². The van der Waals surface area contributed by atoms with Gasteiger partial charge in [-0.3, -0.25) is 0 Å². The fraction of sp³-hybridized carbons (Fsp3) is 0.0588. The summed E-state index contributed by atoms with van der Waals surface area (Å²) in [5.74, 6) is 2.70. The van der Waals surface area contributed by atoms with Crippen LogP contribution >= 0.6 is 68.1 Å².